The van der Waals surface area contributed by atoms with Crippen molar-refractivity contribution in [2.24, 2.45) is 5.41 Å². The normalized spacial score (nSPS) is 22.6. The number of hydrogen-bond acceptors (Lipinski definition) is 6. The molecule has 2 atom stereocenters. The third kappa shape index (κ3) is 8.20. The van der Waals surface area contributed by atoms with E-state index < -0.39 is 6.61 Å². The number of aliphatic hydroxyl groups is 1. The Morgan fingerprint density at radius 3 is 1.92 bits per heavy atom. The van der Waals surface area contributed by atoms with Crippen LogP contribution in [0.5, 0.6) is 0 Å². The Labute approximate surface area is 230 Å². The summed E-state index contributed by atoms with van der Waals surface area (Å²) in [5, 5.41) is 9.07. The van der Waals surface area contributed by atoms with Crippen molar-refractivity contribution >= 4 is 5.78 Å². The zero-order valence-electron chi connectivity index (χ0n) is 24.2. The first-order valence-electron chi connectivity index (χ1n) is 14.3. The molecule has 4 rings (SSSR count). The van der Waals surface area contributed by atoms with Gasteiger partial charge in [-0.1, -0.05) is 69.3 Å². The minimum absolute atomic E-state index is 0.227. The Morgan fingerprint density at radius 2 is 1.34 bits per heavy atom. The van der Waals surface area contributed by atoms with Crippen LogP contribution < -0.4 is 0 Å². The zero-order chi connectivity index (χ0) is 27.3. The van der Waals surface area contributed by atoms with E-state index in [0.717, 1.165) is 45.8 Å². The molecule has 0 unspecified atom stereocenters. The van der Waals surface area contributed by atoms with E-state index >= 15 is 0 Å². The maximum absolute atomic E-state index is 11.7. The fourth-order valence-corrected chi connectivity index (χ4v) is 6.12. The summed E-state index contributed by atoms with van der Waals surface area (Å²) in [6.45, 7) is 22.0. The average Bonchev–Trinajstić information content (AvgIpc) is 2.87. The van der Waals surface area contributed by atoms with Crippen LogP contribution >= 0.6 is 0 Å². The first-order chi connectivity index (χ1) is 18.1. The molecule has 0 aliphatic carbocycles. The van der Waals surface area contributed by atoms with Gasteiger partial charge in [-0.3, -0.25) is 19.5 Å². The average molecular weight is 521 g/mol. The highest BCUT2D eigenvalue weighted by molar-refractivity contribution is 5.96. The Morgan fingerprint density at radius 1 is 0.789 bits per heavy atom. The summed E-state index contributed by atoms with van der Waals surface area (Å²) in [5.41, 5.74) is 4.98. The summed E-state index contributed by atoms with van der Waals surface area (Å²) < 4.78 is 0. The van der Waals surface area contributed by atoms with E-state index in [-0.39, 0.29) is 5.78 Å². The second kappa shape index (κ2) is 12.8. The third-order valence-corrected chi connectivity index (χ3v) is 7.93. The van der Waals surface area contributed by atoms with Gasteiger partial charge in [0.25, 0.3) is 0 Å². The number of carbonyl (C=O) groups is 1. The Bertz CT molecular complexity index is 1030. The molecule has 0 bridgehead atoms. The van der Waals surface area contributed by atoms with Crippen LogP contribution in [0.15, 0.2) is 48.5 Å². The van der Waals surface area contributed by atoms with Crippen LogP contribution in [0.1, 0.15) is 61.7 Å². The maximum atomic E-state index is 11.7. The smallest absolute Gasteiger partial charge is 0.188 e. The van der Waals surface area contributed by atoms with Crippen molar-refractivity contribution in [1.29, 1.82) is 0 Å². The molecule has 0 aromatic heterocycles. The summed E-state index contributed by atoms with van der Waals surface area (Å²) in [6.07, 6.45) is 0. The number of rotatable bonds is 9. The largest absolute Gasteiger partial charge is 0.388 e. The fourth-order valence-electron chi connectivity index (χ4n) is 6.12. The molecule has 2 aromatic rings. The first-order valence-corrected chi connectivity index (χ1v) is 14.3. The van der Waals surface area contributed by atoms with Gasteiger partial charge in [0.1, 0.15) is 6.61 Å². The summed E-state index contributed by atoms with van der Waals surface area (Å²) in [7, 11) is 0. The highest BCUT2D eigenvalue weighted by atomic mass is 16.3. The quantitative estimate of drug-likeness (QED) is 0.502. The van der Waals surface area contributed by atoms with Crippen LogP contribution in [0.2, 0.25) is 0 Å². The van der Waals surface area contributed by atoms with Crippen LogP contribution in [-0.4, -0.2) is 95.0 Å². The SMILES string of the molecule is C[C@@H]1CN(Cc2ccc(C(=O)CO)cc2)C[C@H](C)N1Cc1cccc(CN2CCN(CC(C)(C)C)CC2)c1. The van der Waals surface area contributed by atoms with Gasteiger partial charge in [-0.2, -0.15) is 0 Å². The first kappa shape index (κ1) is 28.9. The predicted molar refractivity (Wildman–Crippen MR) is 155 cm³/mol. The molecule has 2 aromatic carbocycles. The van der Waals surface area contributed by atoms with Crippen LogP contribution in [0.3, 0.4) is 0 Å². The predicted octanol–water partition coefficient (Wildman–Crippen LogP) is 4.12. The van der Waals surface area contributed by atoms with Gasteiger partial charge in [-0.25, -0.2) is 0 Å². The fraction of sp³-hybridized carbons (Fsp3) is 0.594. The van der Waals surface area contributed by atoms with Crippen molar-refractivity contribution in [3.05, 3.63) is 70.8 Å². The van der Waals surface area contributed by atoms with Crippen LogP contribution in [0.4, 0.5) is 0 Å². The molecule has 0 spiro atoms. The van der Waals surface area contributed by atoms with Crippen molar-refractivity contribution in [2.75, 3.05) is 52.4 Å². The lowest BCUT2D eigenvalue weighted by molar-refractivity contribution is 0.0290. The summed E-state index contributed by atoms with van der Waals surface area (Å²) in [6, 6.07) is 17.8. The monoisotopic (exact) mass is 520 g/mol. The number of benzene rings is 2. The van der Waals surface area contributed by atoms with E-state index in [9.17, 15) is 4.79 Å². The van der Waals surface area contributed by atoms with Gasteiger partial charge in [-0.15, -0.1) is 0 Å². The number of carbonyl (C=O) groups excluding carboxylic acids is 1. The Hall–Kier alpha value is -2.09. The lowest BCUT2D eigenvalue weighted by Crippen LogP contribution is -2.55. The van der Waals surface area contributed by atoms with Crippen LogP contribution in [-0.2, 0) is 19.6 Å². The minimum atomic E-state index is -0.437. The second-order valence-corrected chi connectivity index (χ2v) is 12.8. The molecule has 2 aliphatic heterocycles. The number of aliphatic hydroxyl groups excluding tert-OH is 1. The lowest BCUT2D eigenvalue weighted by Gasteiger charge is -2.44. The standard InChI is InChI=1S/C32H48N4O2/c1-25-18-35(20-27-9-11-30(12-10-27)31(38)23-37)19-26(2)36(25)22-29-8-6-7-28(17-29)21-33-13-15-34(16-14-33)24-32(3,4)5/h6-12,17,25-26,37H,13-16,18-24H2,1-5H3/t25-,26+. The van der Waals surface area contributed by atoms with Crippen molar-refractivity contribution in [3.63, 3.8) is 0 Å². The Balaban J connectivity index is 1.28. The van der Waals surface area contributed by atoms with Gasteiger partial charge in [0, 0.05) is 83.1 Å². The molecule has 0 radical (unpaired) electrons. The van der Waals surface area contributed by atoms with E-state index in [1.165, 1.54) is 36.3 Å². The molecule has 208 valence electrons. The minimum Gasteiger partial charge on any atom is -0.388 e. The molecule has 0 amide bonds. The molecule has 2 heterocycles. The van der Waals surface area contributed by atoms with Crippen LogP contribution in [0.25, 0.3) is 0 Å². The van der Waals surface area contributed by atoms with Gasteiger partial charge in [0.2, 0.25) is 0 Å². The maximum Gasteiger partial charge on any atom is 0.188 e. The van der Waals surface area contributed by atoms with E-state index in [1.54, 1.807) is 0 Å². The molecule has 6 nitrogen and oxygen atoms in total. The molecule has 0 saturated carbocycles. The highest BCUT2D eigenvalue weighted by Gasteiger charge is 2.29. The molecule has 2 fully saturated rings. The summed E-state index contributed by atoms with van der Waals surface area (Å²) in [4.78, 5) is 22.1. The molecular weight excluding hydrogens is 472 g/mol. The van der Waals surface area contributed by atoms with Gasteiger partial charge in [0.15, 0.2) is 5.78 Å². The number of nitrogens with zero attached hydrogens (tertiary/aromatic N) is 4. The third-order valence-electron chi connectivity index (χ3n) is 7.93. The molecule has 2 saturated heterocycles. The van der Waals surface area contributed by atoms with Crippen molar-refractivity contribution in [2.45, 2.75) is 66.3 Å². The zero-order valence-corrected chi connectivity index (χ0v) is 24.2. The second-order valence-electron chi connectivity index (χ2n) is 12.8. The molecular formula is C32H48N4O2. The lowest BCUT2D eigenvalue weighted by atomic mass is 9.96. The van der Waals surface area contributed by atoms with Gasteiger partial charge in [0.05, 0.1) is 0 Å². The van der Waals surface area contributed by atoms with E-state index in [2.05, 4.69) is 78.5 Å². The van der Waals surface area contributed by atoms with E-state index in [4.69, 9.17) is 5.11 Å². The summed E-state index contributed by atoms with van der Waals surface area (Å²) in [5.74, 6) is -0.227. The van der Waals surface area contributed by atoms with Gasteiger partial charge in [-0.05, 0) is 36.0 Å². The number of piperazine rings is 2. The number of hydrogen-bond donors (Lipinski definition) is 1. The number of Topliss-reactive ketones (excluding diaryl/α,β-unsaturated/α-hetero) is 1. The highest BCUT2D eigenvalue weighted by Crippen LogP contribution is 2.22. The van der Waals surface area contributed by atoms with Crippen LogP contribution in [0, 0.1) is 5.41 Å². The summed E-state index contributed by atoms with van der Waals surface area (Å²) >= 11 is 0. The van der Waals surface area contributed by atoms with Gasteiger partial charge < -0.3 is 10.0 Å². The van der Waals surface area contributed by atoms with Crippen molar-refractivity contribution in [3.8, 4) is 0 Å². The van der Waals surface area contributed by atoms with E-state index in [1.807, 2.05) is 24.3 Å². The van der Waals surface area contributed by atoms with Gasteiger partial charge >= 0.3 is 0 Å². The molecule has 38 heavy (non-hydrogen) atoms. The molecule has 6 heteroatoms. The molecule has 2 aliphatic rings. The van der Waals surface area contributed by atoms with Crippen molar-refractivity contribution < 1.29 is 9.90 Å². The number of ketones is 1. The molecule has 1 N–H and O–H groups in total. The Kier molecular flexibility index (Phi) is 9.77. The topological polar surface area (TPSA) is 50.3 Å². The van der Waals surface area contributed by atoms with Crippen molar-refractivity contribution in [1.82, 2.24) is 19.6 Å². The van der Waals surface area contributed by atoms with E-state index in [0.29, 0.717) is 23.1 Å².